The quantitative estimate of drug-likeness (QED) is 0.409. The lowest BCUT2D eigenvalue weighted by molar-refractivity contribution is 0.0982. The molecule has 6 rings (SSSR count). The molecule has 38 heavy (non-hydrogen) atoms. The molecule has 1 N–H and O–H groups in total. The lowest BCUT2D eigenvalue weighted by Crippen LogP contribution is -2.48. The third-order valence-corrected chi connectivity index (χ3v) is 8.49. The number of rotatable bonds is 6. The Bertz CT molecular complexity index is 1450. The first kappa shape index (κ1) is 24.9. The fourth-order valence-corrected chi connectivity index (χ4v) is 6.18. The van der Waals surface area contributed by atoms with Crippen LogP contribution >= 0.6 is 0 Å². The van der Waals surface area contributed by atoms with Crippen LogP contribution in [0.25, 0.3) is 10.9 Å². The minimum Gasteiger partial charge on any atom is -0.322 e. The van der Waals surface area contributed by atoms with E-state index in [2.05, 4.69) is 92.7 Å². The van der Waals surface area contributed by atoms with E-state index in [0.717, 1.165) is 67.9 Å². The summed E-state index contributed by atoms with van der Waals surface area (Å²) >= 11 is 0. The molecule has 1 aliphatic heterocycles. The van der Waals surface area contributed by atoms with Crippen LogP contribution in [0.4, 0.5) is 0 Å². The van der Waals surface area contributed by atoms with Crippen molar-refractivity contribution in [1.82, 2.24) is 35.0 Å². The number of nitrogens with zero attached hydrogens (tertiary/aromatic N) is 6. The Morgan fingerprint density at radius 2 is 1.68 bits per heavy atom. The minimum atomic E-state index is -0.291. The molecule has 1 saturated heterocycles. The second-order valence-corrected chi connectivity index (χ2v) is 11.1. The standard InChI is InChI=1S/C30H37N7O/c1-21-17-24-19-26(30(38)31-27(24)18-22(21)2)28(29-32-33-34-37(29)25-11-7-4-8-12-25)36-15-13-35(14-16-36)20-23-9-5-3-6-10-23/h3,5-6,9-10,17-19,25,28H,4,7-8,11-16,20H2,1-2H3,(H,31,38). The van der Waals surface area contributed by atoms with Gasteiger partial charge in [0.05, 0.1) is 6.04 Å². The van der Waals surface area contributed by atoms with E-state index < -0.39 is 0 Å². The summed E-state index contributed by atoms with van der Waals surface area (Å²) in [5, 5.41) is 14.2. The van der Waals surface area contributed by atoms with Gasteiger partial charge in [0.2, 0.25) is 0 Å². The largest absolute Gasteiger partial charge is 0.322 e. The van der Waals surface area contributed by atoms with E-state index in [0.29, 0.717) is 6.04 Å². The number of aryl methyl sites for hydroxylation is 2. The molecule has 2 aromatic heterocycles. The summed E-state index contributed by atoms with van der Waals surface area (Å²) in [6, 6.07) is 16.9. The number of piperazine rings is 1. The lowest BCUT2D eigenvalue weighted by Gasteiger charge is -2.39. The molecule has 0 amide bonds. The molecule has 8 nitrogen and oxygen atoms in total. The molecule has 1 aliphatic carbocycles. The summed E-state index contributed by atoms with van der Waals surface area (Å²) in [6.45, 7) is 8.69. The second kappa shape index (κ2) is 10.8. The zero-order chi connectivity index (χ0) is 26.1. The van der Waals surface area contributed by atoms with Crippen molar-refractivity contribution in [2.45, 2.75) is 64.6 Å². The topological polar surface area (TPSA) is 82.9 Å². The van der Waals surface area contributed by atoms with Gasteiger partial charge in [-0.1, -0.05) is 49.6 Å². The van der Waals surface area contributed by atoms with Crippen LogP contribution in [0.1, 0.15) is 72.3 Å². The fourth-order valence-electron chi connectivity index (χ4n) is 6.18. The molecule has 0 bridgehead atoms. The van der Waals surface area contributed by atoms with Crippen LogP contribution < -0.4 is 5.56 Å². The Hall–Kier alpha value is -3.36. The van der Waals surface area contributed by atoms with Gasteiger partial charge in [-0.3, -0.25) is 14.6 Å². The first-order valence-electron chi connectivity index (χ1n) is 14.0. The molecule has 1 unspecified atom stereocenters. The molecular weight excluding hydrogens is 474 g/mol. The van der Waals surface area contributed by atoms with Gasteiger partial charge in [0.1, 0.15) is 6.04 Å². The van der Waals surface area contributed by atoms with Gasteiger partial charge < -0.3 is 4.98 Å². The maximum Gasteiger partial charge on any atom is 0.253 e. The first-order chi connectivity index (χ1) is 18.6. The van der Waals surface area contributed by atoms with Gasteiger partial charge in [0.25, 0.3) is 5.56 Å². The highest BCUT2D eigenvalue weighted by molar-refractivity contribution is 5.81. The zero-order valence-electron chi connectivity index (χ0n) is 22.4. The average molecular weight is 512 g/mol. The third kappa shape index (κ3) is 5.02. The molecule has 0 spiro atoms. The molecule has 3 heterocycles. The maximum absolute atomic E-state index is 13.6. The van der Waals surface area contributed by atoms with Gasteiger partial charge in [-0.15, -0.1) is 5.10 Å². The van der Waals surface area contributed by atoms with Crippen molar-refractivity contribution in [3.05, 3.63) is 87.0 Å². The van der Waals surface area contributed by atoms with Gasteiger partial charge in [0, 0.05) is 43.8 Å². The van der Waals surface area contributed by atoms with Gasteiger partial charge in [0.15, 0.2) is 5.82 Å². The van der Waals surface area contributed by atoms with Crippen LogP contribution in [0.3, 0.4) is 0 Å². The maximum atomic E-state index is 13.6. The number of hydrogen-bond donors (Lipinski definition) is 1. The Balaban J connectivity index is 1.36. The number of fused-ring (bicyclic) bond motifs is 1. The number of aromatic amines is 1. The highest BCUT2D eigenvalue weighted by atomic mass is 16.1. The second-order valence-electron chi connectivity index (χ2n) is 11.1. The van der Waals surface area contributed by atoms with Crippen LogP contribution in [-0.2, 0) is 6.54 Å². The van der Waals surface area contributed by atoms with E-state index in [-0.39, 0.29) is 11.6 Å². The highest BCUT2D eigenvalue weighted by Crippen LogP contribution is 2.33. The van der Waals surface area contributed by atoms with Gasteiger partial charge in [-0.2, -0.15) is 0 Å². The van der Waals surface area contributed by atoms with Crippen molar-refractivity contribution in [2.24, 2.45) is 0 Å². The predicted molar refractivity (Wildman–Crippen MR) is 149 cm³/mol. The predicted octanol–water partition coefficient (Wildman–Crippen LogP) is 4.54. The van der Waals surface area contributed by atoms with E-state index in [9.17, 15) is 4.79 Å². The Labute approximate surface area is 223 Å². The summed E-state index contributed by atoms with van der Waals surface area (Å²) < 4.78 is 2.03. The van der Waals surface area contributed by atoms with Gasteiger partial charge in [-0.05, 0) is 77.4 Å². The van der Waals surface area contributed by atoms with Crippen molar-refractivity contribution >= 4 is 10.9 Å². The van der Waals surface area contributed by atoms with Crippen molar-refractivity contribution in [3.63, 3.8) is 0 Å². The molecular formula is C30H37N7O. The minimum absolute atomic E-state index is 0.0596. The molecule has 8 heteroatoms. The number of aromatic nitrogens is 5. The normalized spacial score (nSPS) is 18.7. The summed E-state index contributed by atoms with van der Waals surface area (Å²) in [6.07, 6.45) is 5.83. The molecule has 2 aromatic carbocycles. The Morgan fingerprint density at radius 1 is 0.947 bits per heavy atom. The van der Waals surface area contributed by atoms with E-state index in [4.69, 9.17) is 0 Å². The van der Waals surface area contributed by atoms with E-state index in [1.165, 1.54) is 36.0 Å². The van der Waals surface area contributed by atoms with Crippen molar-refractivity contribution in [1.29, 1.82) is 0 Å². The Kier molecular flexibility index (Phi) is 7.08. The summed E-state index contributed by atoms with van der Waals surface area (Å²) in [4.78, 5) is 21.7. The number of nitrogens with one attached hydrogen (secondary N) is 1. The number of pyridine rings is 1. The molecule has 0 radical (unpaired) electrons. The first-order valence-corrected chi connectivity index (χ1v) is 14.0. The summed E-state index contributed by atoms with van der Waals surface area (Å²) in [5.74, 6) is 0.794. The van der Waals surface area contributed by atoms with E-state index >= 15 is 0 Å². The van der Waals surface area contributed by atoms with Crippen molar-refractivity contribution in [2.75, 3.05) is 26.2 Å². The SMILES string of the molecule is Cc1cc2cc(C(c3nnnn3C3CCCCC3)N3CCN(Cc4ccccc4)CC3)c(=O)[nH]c2cc1C. The van der Waals surface area contributed by atoms with Crippen molar-refractivity contribution < 1.29 is 0 Å². The van der Waals surface area contributed by atoms with Crippen LogP contribution in [0.2, 0.25) is 0 Å². The average Bonchev–Trinajstić information content (AvgIpc) is 3.42. The molecule has 1 atom stereocenters. The van der Waals surface area contributed by atoms with Crippen LogP contribution in [0.5, 0.6) is 0 Å². The van der Waals surface area contributed by atoms with Crippen LogP contribution in [0, 0.1) is 13.8 Å². The molecule has 1 saturated carbocycles. The molecule has 198 valence electrons. The summed E-state index contributed by atoms with van der Waals surface area (Å²) in [5.41, 5.74) is 5.26. The fraction of sp³-hybridized carbons (Fsp3) is 0.467. The number of benzene rings is 2. The zero-order valence-corrected chi connectivity index (χ0v) is 22.4. The monoisotopic (exact) mass is 511 g/mol. The van der Waals surface area contributed by atoms with Gasteiger partial charge in [-0.25, -0.2) is 4.68 Å². The Morgan fingerprint density at radius 3 is 2.45 bits per heavy atom. The van der Waals surface area contributed by atoms with Gasteiger partial charge >= 0.3 is 0 Å². The number of H-pyrrole nitrogens is 1. The number of hydrogen-bond acceptors (Lipinski definition) is 6. The smallest absolute Gasteiger partial charge is 0.253 e. The van der Waals surface area contributed by atoms with E-state index in [1.54, 1.807) is 0 Å². The molecule has 4 aromatic rings. The third-order valence-electron chi connectivity index (χ3n) is 8.49. The lowest BCUT2D eigenvalue weighted by atomic mass is 9.95. The van der Waals surface area contributed by atoms with Crippen molar-refractivity contribution in [3.8, 4) is 0 Å². The molecule has 2 aliphatic rings. The highest BCUT2D eigenvalue weighted by Gasteiger charge is 2.34. The number of tetrazole rings is 1. The molecule has 2 fully saturated rings. The van der Waals surface area contributed by atoms with Crippen LogP contribution in [0.15, 0.2) is 53.3 Å². The van der Waals surface area contributed by atoms with E-state index in [1.807, 2.05) is 4.68 Å². The summed E-state index contributed by atoms with van der Waals surface area (Å²) in [7, 11) is 0. The van der Waals surface area contributed by atoms with Crippen LogP contribution in [-0.4, -0.2) is 61.2 Å².